The monoisotopic (exact) mass is 340 g/mol. The summed E-state index contributed by atoms with van der Waals surface area (Å²) in [4.78, 5) is 14.4. The smallest absolute Gasteiger partial charge is 0.408 e. The van der Waals surface area contributed by atoms with Gasteiger partial charge in [0.05, 0.1) is 6.04 Å². The first-order valence-corrected chi connectivity index (χ1v) is 8.60. The van der Waals surface area contributed by atoms with Gasteiger partial charge in [-0.3, -0.25) is 4.90 Å². The maximum Gasteiger partial charge on any atom is 0.408 e. The largest absolute Gasteiger partial charge is 0.444 e. The lowest BCUT2D eigenvalue weighted by atomic mass is 10.1. The van der Waals surface area contributed by atoms with Crippen LogP contribution in [0.25, 0.3) is 0 Å². The van der Waals surface area contributed by atoms with E-state index >= 15 is 0 Å². The highest BCUT2D eigenvalue weighted by Crippen LogP contribution is 2.16. The Morgan fingerprint density at radius 2 is 1.60 bits per heavy atom. The number of carbonyl (C=O) groups excluding carboxylic acids is 1. The van der Waals surface area contributed by atoms with E-state index in [0.717, 1.165) is 12.1 Å². The summed E-state index contributed by atoms with van der Waals surface area (Å²) >= 11 is 0. The molecule has 2 aromatic carbocycles. The first-order valence-electron chi connectivity index (χ1n) is 8.60. The molecule has 0 fully saturated rings. The number of ether oxygens (including phenoxy) is 1. The fourth-order valence-electron chi connectivity index (χ4n) is 2.64. The number of hydrogen-bond acceptors (Lipinski definition) is 3. The molecular formula is C21H28N2O2. The fourth-order valence-corrected chi connectivity index (χ4v) is 2.64. The Balaban J connectivity index is 2.05. The van der Waals surface area contributed by atoms with Gasteiger partial charge >= 0.3 is 6.09 Å². The van der Waals surface area contributed by atoms with Gasteiger partial charge in [0.25, 0.3) is 0 Å². The first-order chi connectivity index (χ1) is 11.8. The van der Waals surface area contributed by atoms with E-state index in [0.29, 0.717) is 6.54 Å². The van der Waals surface area contributed by atoms with Crippen molar-refractivity contribution in [3.63, 3.8) is 0 Å². The summed E-state index contributed by atoms with van der Waals surface area (Å²) in [6.45, 7) is 7.11. The lowest BCUT2D eigenvalue weighted by molar-refractivity contribution is 0.0493. The van der Waals surface area contributed by atoms with Crippen molar-refractivity contribution in [1.29, 1.82) is 0 Å². The summed E-state index contributed by atoms with van der Waals surface area (Å²) < 4.78 is 5.42. The summed E-state index contributed by atoms with van der Waals surface area (Å²) in [6, 6.07) is 20.2. The Hall–Kier alpha value is -2.33. The van der Waals surface area contributed by atoms with Crippen LogP contribution in [0.5, 0.6) is 0 Å². The van der Waals surface area contributed by atoms with Crippen LogP contribution >= 0.6 is 0 Å². The SMILES string of the molecule is CN(Cc1ccccc1)C[C@H](NC(=O)OC(C)(C)C)c1ccccc1. The molecule has 0 radical (unpaired) electrons. The molecular weight excluding hydrogens is 312 g/mol. The Labute approximate surface area is 150 Å². The topological polar surface area (TPSA) is 41.6 Å². The Bertz CT molecular complexity index is 651. The molecule has 0 saturated carbocycles. The van der Waals surface area contributed by atoms with E-state index in [9.17, 15) is 4.79 Å². The molecule has 134 valence electrons. The van der Waals surface area contributed by atoms with Gasteiger partial charge in [-0.15, -0.1) is 0 Å². The number of rotatable bonds is 6. The van der Waals surface area contributed by atoms with Crippen molar-refractivity contribution in [1.82, 2.24) is 10.2 Å². The van der Waals surface area contributed by atoms with Crippen molar-refractivity contribution in [2.24, 2.45) is 0 Å². The second-order valence-electron chi connectivity index (χ2n) is 7.29. The van der Waals surface area contributed by atoms with Crippen LogP contribution in [0.4, 0.5) is 4.79 Å². The summed E-state index contributed by atoms with van der Waals surface area (Å²) in [7, 11) is 2.06. The maximum atomic E-state index is 12.2. The van der Waals surface area contributed by atoms with Crippen LogP contribution in [0.1, 0.15) is 37.9 Å². The molecule has 0 spiro atoms. The molecule has 4 nitrogen and oxygen atoms in total. The highest BCUT2D eigenvalue weighted by Gasteiger charge is 2.21. The van der Waals surface area contributed by atoms with E-state index < -0.39 is 11.7 Å². The summed E-state index contributed by atoms with van der Waals surface area (Å²) in [6.07, 6.45) is -0.394. The molecule has 0 bridgehead atoms. The van der Waals surface area contributed by atoms with Crippen LogP contribution in [0, 0.1) is 0 Å². The number of alkyl carbamates (subject to hydrolysis) is 1. The molecule has 1 N–H and O–H groups in total. The lowest BCUT2D eigenvalue weighted by Crippen LogP contribution is -2.39. The fraction of sp³-hybridized carbons (Fsp3) is 0.381. The van der Waals surface area contributed by atoms with Gasteiger partial charge in [-0.25, -0.2) is 4.79 Å². The molecule has 0 heterocycles. The predicted molar refractivity (Wildman–Crippen MR) is 101 cm³/mol. The minimum absolute atomic E-state index is 0.134. The number of amides is 1. The standard InChI is InChI=1S/C21H28N2O2/c1-21(2,3)25-20(24)22-19(18-13-9-6-10-14-18)16-23(4)15-17-11-7-5-8-12-17/h5-14,19H,15-16H2,1-4H3,(H,22,24)/t19-/m0/s1. The predicted octanol–water partition coefficient (Wildman–Crippen LogP) is 4.38. The van der Waals surface area contributed by atoms with E-state index in [-0.39, 0.29) is 6.04 Å². The van der Waals surface area contributed by atoms with Crippen molar-refractivity contribution in [3.8, 4) is 0 Å². The van der Waals surface area contributed by atoms with Crippen LogP contribution in [-0.4, -0.2) is 30.2 Å². The van der Waals surface area contributed by atoms with Gasteiger partial charge in [0.1, 0.15) is 5.60 Å². The van der Waals surface area contributed by atoms with Crippen molar-refractivity contribution >= 4 is 6.09 Å². The van der Waals surface area contributed by atoms with Gasteiger partial charge in [0.2, 0.25) is 0 Å². The molecule has 0 unspecified atom stereocenters. The van der Waals surface area contributed by atoms with Gasteiger partial charge in [0, 0.05) is 13.1 Å². The van der Waals surface area contributed by atoms with Gasteiger partial charge in [0.15, 0.2) is 0 Å². The third-order valence-corrected chi connectivity index (χ3v) is 3.68. The van der Waals surface area contributed by atoms with E-state index in [4.69, 9.17) is 4.74 Å². The Kier molecular flexibility index (Phi) is 6.59. The van der Waals surface area contributed by atoms with E-state index in [1.165, 1.54) is 5.56 Å². The molecule has 1 atom stereocenters. The zero-order valence-corrected chi connectivity index (χ0v) is 15.5. The third kappa shape index (κ3) is 6.98. The van der Waals surface area contributed by atoms with Gasteiger partial charge in [-0.1, -0.05) is 60.7 Å². The lowest BCUT2D eigenvalue weighted by Gasteiger charge is -2.27. The van der Waals surface area contributed by atoms with E-state index in [1.54, 1.807) is 0 Å². The molecule has 0 saturated heterocycles. The number of nitrogens with one attached hydrogen (secondary N) is 1. The van der Waals surface area contributed by atoms with Crippen molar-refractivity contribution < 1.29 is 9.53 Å². The van der Waals surface area contributed by atoms with Crippen LogP contribution in [-0.2, 0) is 11.3 Å². The first kappa shape index (κ1) is 19.0. The second-order valence-corrected chi connectivity index (χ2v) is 7.29. The van der Waals surface area contributed by atoms with Crippen LogP contribution in [0.3, 0.4) is 0 Å². The highest BCUT2D eigenvalue weighted by molar-refractivity contribution is 5.68. The summed E-state index contributed by atoms with van der Waals surface area (Å²) in [5, 5.41) is 3.00. The summed E-state index contributed by atoms with van der Waals surface area (Å²) in [5.41, 5.74) is 1.80. The van der Waals surface area contributed by atoms with E-state index in [2.05, 4.69) is 29.4 Å². The third-order valence-electron chi connectivity index (χ3n) is 3.68. The number of likely N-dealkylation sites (N-methyl/N-ethyl adjacent to an activating group) is 1. The molecule has 25 heavy (non-hydrogen) atoms. The molecule has 0 aliphatic heterocycles. The van der Waals surface area contributed by atoms with Gasteiger partial charge < -0.3 is 10.1 Å². The minimum atomic E-state index is -0.513. The Morgan fingerprint density at radius 1 is 1.04 bits per heavy atom. The van der Waals surface area contributed by atoms with Crippen LogP contribution in [0.2, 0.25) is 0 Å². The van der Waals surface area contributed by atoms with Gasteiger partial charge in [-0.05, 0) is 38.9 Å². The molecule has 4 heteroatoms. The Morgan fingerprint density at radius 3 is 2.16 bits per heavy atom. The maximum absolute atomic E-state index is 12.2. The second kappa shape index (κ2) is 8.67. The van der Waals surface area contributed by atoms with Crippen LogP contribution < -0.4 is 5.32 Å². The molecule has 0 aliphatic rings. The molecule has 0 aromatic heterocycles. The normalized spacial score (nSPS) is 12.7. The average molecular weight is 340 g/mol. The zero-order valence-electron chi connectivity index (χ0n) is 15.5. The number of nitrogens with zero attached hydrogens (tertiary/aromatic N) is 1. The van der Waals surface area contributed by atoms with Crippen molar-refractivity contribution in [2.75, 3.05) is 13.6 Å². The van der Waals surface area contributed by atoms with Crippen molar-refractivity contribution in [2.45, 2.75) is 39.0 Å². The molecule has 1 amide bonds. The molecule has 2 rings (SSSR count). The number of carbonyl (C=O) groups is 1. The molecule has 0 aliphatic carbocycles. The average Bonchev–Trinajstić information content (AvgIpc) is 2.54. The zero-order chi connectivity index (χ0) is 18.3. The number of benzene rings is 2. The van der Waals surface area contributed by atoms with Crippen LogP contribution in [0.15, 0.2) is 60.7 Å². The van der Waals surface area contributed by atoms with Crippen molar-refractivity contribution in [3.05, 3.63) is 71.8 Å². The highest BCUT2D eigenvalue weighted by atomic mass is 16.6. The minimum Gasteiger partial charge on any atom is -0.444 e. The number of hydrogen-bond donors (Lipinski definition) is 1. The quantitative estimate of drug-likeness (QED) is 0.848. The van der Waals surface area contributed by atoms with Gasteiger partial charge in [-0.2, -0.15) is 0 Å². The molecule has 2 aromatic rings. The summed E-state index contributed by atoms with van der Waals surface area (Å²) in [5.74, 6) is 0. The van der Waals surface area contributed by atoms with E-state index in [1.807, 2.05) is 69.3 Å².